The van der Waals surface area contributed by atoms with Crippen LogP contribution in [0.25, 0.3) is 0 Å². The van der Waals surface area contributed by atoms with Crippen molar-refractivity contribution in [3.8, 4) is 5.75 Å². The first-order chi connectivity index (χ1) is 7.27. The molecule has 82 valence electrons. The molecule has 1 rings (SSSR count). The third kappa shape index (κ3) is 3.59. The molecule has 0 saturated carbocycles. The molecular weight excluding hydrogens is 194 g/mol. The minimum Gasteiger partial charge on any atom is -0.495 e. The van der Waals surface area contributed by atoms with Gasteiger partial charge in [0.25, 0.3) is 0 Å². The molecule has 0 aliphatic rings. The van der Waals surface area contributed by atoms with E-state index in [9.17, 15) is 4.79 Å². The SMILES string of the molecule is COCCC(=O)Nc1ccccc1OC. The Morgan fingerprint density at radius 1 is 1.33 bits per heavy atom. The highest BCUT2D eigenvalue weighted by Crippen LogP contribution is 2.22. The molecule has 1 amide bonds. The highest BCUT2D eigenvalue weighted by molar-refractivity contribution is 5.92. The summed E-state index contributed by atoms with van der Waals surface area (Å²) in [7, 11) is 3.14. The van der Waals surface area contributed by atoms with Gasteiger partial charge in [0.05, 0.1) is 25.8 Å². The standard InChI is InChI=1S/C11H15NO3/c1-14-8-7-11(13)12-9-5-3-4-6-10(9)15-2/h3-6H,7-8H2,1-2H3,(H,12,13). The van der Waals surface area contributed by atoms with Crippen molar-refractivity contribution in [1.82, 2.24) is 0 Å². The first kappa shape index (κ1) is 11.5. The number of benzene rings is 1. The van der Waals surface area contributed by atoms with Crippen LogP contribution in [-0.2, 0) is 9.53 Å². The van der Waals surface area contributed by atoms with Crippen LogP contribution in [0, 0.1) is 0 Å². The highest BCUT2D eigenvalue weighted by Gasteiger charge is 2.05. The molecular formula is C11H15NO3. The van der Waals surface area contributed by atoms with Gasteiger partial charge < -0.3 is 14.8 Å². The number of hydrogen-bond donors (Lipinski definition) is 1. The van der Waals surface area contributed by atoms with Gasteiger partial charge in [-0.3, -0.25) is 4.79 Å². The van der Waals surface area contributed by atoms with Gasteiger partial charge in [-0.15, -0.1) is 0 Å². The van der Waals surface area contributed by atoms with E-state index in [0.29, 0.717) is 24.5 Å². The number of nitrogens with one attached hydrogen (secondary N) is 1. The van der Waals surface area contributed by atoms with E-state index in [-0.39, 0.29) is 5.91 Å². The second-order valence-electron chi connectivity index (χ2n) is 2.99. The zero-order valence-electron chi connectivity index (χ0n) is 8.95. The molecule has 0 saturated heterocycles. The zero-order chi connectivity index (χ0) is 11.1. The molecule has 0 aromatic heterocycles. The van der Waals surface area contributed by atoms with Crippen LogP contribution in [0.1, 0.15) is 6.42 Å². The van der Waals surface area contributed by atoms with Gasteiger partial charge in [-0.1, -0.05) is 12.1 Å². The van der Waals surface area contributed by atoms with Crippen LogP contribution >= 0.6 is 0 Å². The van der Waals surface area contributed by atoms with Gasteiger partial charge in [0.15, 0.2) is 0 Å². The van der Waals surface area contributed by atoms with E-state index in [1.54, 1.807) is 26.4 Å². The number of methoxy groups -OCH3 is 2. The van der Waals surface area contributed by atoms with E-state index in [4.69, 9.17) is 9.47 Å². The maximum atomic E-state index is 11.4. The molecule has 1 aromatic carbocycles. The van der Waals surface area contributed by atoms with E-state index in [0.717, 1.165) is 0 Å². The Bertz CT molecular complexity index is 325. The summed E-state index contributed by atoms with van der Waals surface area (Å²) in [6.07, 6.45) is 0.342. The minimum absolute atomic E-state index is 0.0821. The lowest BCUT2D eigenvalue weighted by molar-refractivity contribution is -0.117. The van der Waals surface area contributed by atoms with E-state index in [1.807, 2.05) is 12.1 Å². The number of para-hydroxylation sites is 2. The van der Waals surface area contributed by atoms with Crippen molar-refractivity contribution in [1.29, 1.82) is 0 Å². The van der Waals surface area contributed by atoms with Crippen molar-refractivity contribution >= 4 is 11.6 Å². The Morgan fingerprint density at radius 2 is 2.07 bits per heavy atom. The summed E-state index contributed by atoms with van der Waals surface area (Å²) >= 11 is 0. The van der Waals surface area contributed by atoms with Gasteiger partial charge in [0.2, 0.25) is 5.91 Å². The van der Waals surface area contributed by atoms with Gasteiger partial charge in [-0.25, -0.2) is 0 Å². The average Bonchev–Trinajstić information content (AvgIpc) is 2.27. The molecule has 0 spiro atoms. The predicted molar refractivity (Wildman–Crippen MR) is 58.1 cm³/mol. The lowest BCUT2D eigenvalue weighted by atomic mass is 10.3. The second kappa shape index (κ2) is 6.03. The van der Waals surface area contributed by atoms with Crippen molar-refractivity contribution in [2.75, 3.05) is 26.1 Å². The third-order valence-electron chi connectivity index (χ3n) is 1.91. The maximum Gasteiger partial charge on any atom is 0.226 e. The Kier molecular flexibility index (Phi) is 4.63. The quantitative estimate of drug-likeness (QED) is 0.802. The molecule has 1 aromatic rings. The Hall–Kier alpha value is -1.55. The normalized spacial score (nSPS) is 9.73. The average molecular weight is 209 g/mol. The van der Waals surface area contributed by atoms with Crippen LogP contribution in [0.3, 0.4) is 0 Å². The molecule has 1 N–H and O–H groups in total. The Labute approximate surface area is 89.2 Å². The fourth-order valence-electron chi connectivity index (χ4n) is 1.16. The summed E-state index contributed by atoms with van der Waals surface area (Å²) in [5.41, 5.74) is 0.682. The van der Waals surface area contributed by atoms with Gasteiger partial charge >= 0.3 is 0 Å². The fourth-order valence-corrected chi connectivity index (χ4v) is 1.16. The topological polar surface area (TPSA) is 47.6 Å². The third-order valence-corrected chi connectivity index (χ3v) is 1.91. The van der Waals surface area contributed by atoms with Gasteiger partial charge in [0.1, 0.15) is 5.75 Å². The van der Waals surface area contributed by atoms with Gasteiger partial charge in [-0.2, -0.15) is 0 Å². The van der Waals surface area contributed by atoms with Crippen molar-refractivity contribution in [3.63, 3.8) is 0 Å². The minimum atomic E-state index is -0.0821. The fraction of sp³-hybridized carbons (Fsp3) is 0.364. The summed E-state index contributed by atoms with van der Waals surface area (Å²) < 4.78 is 9.92. The number of amides is 1. The number of anilines is 1. The van der Waals surface area contributed by atoms with Crippen LogP contribution in [0.15, 0.2) is 24.3 Å². The zero-order valence-corrected chi connectivity index (χ0v) is 8.95. The number of carbonyl (C=O) groups excluding carboxylic acids is 1. The maximum absolute atomic E-state index is 11.4. The van der Waals surface area contributed by atoms with Crippen LogP contribution in [-0.4, -0.2) is 26.7 Å². The number of rotatable bonds is 5. The molecule has 0 heterocycles. The summed E-state index contributed by atoms with van der Waals surface area (Å²) in [6.45, 7) is 0.418. The van der Waals surface area contributed by atoms with E-state index < -0.39 is 0 Å². The Balaban J connectivity index is 2.59. The van der Waals surface area contributed by atoms with Gasteiger partial charge in [0, 0.05) is 7.11 Å². The van der Waals surface area contributed by atoms with Crippen molar-refractivity contribution in [2.24, 2.45) is 0 Å². The smallest absolute Gasteiger partial charge is 0.226 e. The lowest BCUT2D eigenvalue weighted by Gasteiger charge is -2.09. The molecule has 4 nitrogen and oxygen atoms in total. The Morgan fingerprint density at radius 3 is 2.73 bits per heavy atom. The number of hydrogen-bond acceptors (Lipinski definition) is 3. The monoisotopic (exact) mass is 209 g/mol. The first-order valence-corrected chi connectivity index (χ1v) is 4.69. The van der Waals surface area contributed by atoms with E-state index in [2.05, 4.69) is 5.32 Å². The number of ether oxygens (including phenoxy) is 2. The molecule has 0 aliphatic carbocycles. The lowest BCUT2D eigenvalue weighted by Crippen LogP contribution is -2.14. The predicted octanol–water partition coefficient (Wildman–Crippen LogP) is 1.67. The summed E-state index contributed by atoms with van der Waals surface area (Å²) in [4.78, 5) is 11.4. The summed E-state index contributed by atoms with van der Waals surface area (Å²) in [5.74, 6) is 0.574. The largest absolute Gasteiger partial charge is 0.495 e. The number of carbonyl (C=O) groups is 1. The molecule has 15 heavy (non-hydrogen) atoms. The van der Waals surface area contributed by atoms with Crippen LogP contribution in [0.4, 0.5) is 5.69 Å². The molecule has 0 fully saturated rings. The van der Waals surface area contributed by atoms with Crippen LogP contribution in [0.2, 0.25) is 0 Å². The molecule has 0 bridgehead atoms. The molecule has 0 aliphatic heterocycles. The summed E-state index contributed by atoms with van der Waals surface area (Å²) in [6, 6.07) is 7.29. The molecule has 0 unspecified atom stereocenters. The van der Waals surface area contributed by atoms with Crippen molar-refractivity contribution in [3.05, 3.63) is 24.3 Å². The summed E-state index contributed by atoms with van der Waals surface area (Å²) in [5, 5.41) is 2.75. The van der Waals surface area contributed by atoms with Crippen molar-refractivity contribution in [2.45, 2.75) is 6.42 Å². The van der Waals surface area contributed by atoms with Crippen LogP contribution in [0.5, 0.6) is 5.75 Å². The van der Waals surface area contributed by atoms with Gasteiger partial charge in [-0.05, 0) is 12.1 Å². The van der Waals surface area contributed by atoms with Crippen molar-refractivity contribution < 1.29 is 14.3 Å². The highest BCUT2D eigenvalue weighted by atomic mass is 16.5. The van der Waals surface area contributed by atoms with E-state index >= 15 is 0 Å². The first-order valence-electron chi connectivity index (χ1n) is 4.69. The molecule has 4 heteroatoms. The van der Waals surface area contributed by atoms with E-state index in [1.165, 1.54) is 0 Å². The molecule has 0 radical (unpaired) electrons. The molecule has 0 atom stereocenters. The van der Waals surface area contributed by atoms with Crippen LogP contribution < -0.4 is 10.1 Å². The second-order valence-corrected chi connectivity index (χ2v) is 2.99.